The molecule has 0 saturated heterocycles. The molecule has 1 amide bonds. The summed E-state index contributed by atoms with van der Waals surface area (Å²) >= 11 is 0. The van der Waals surface area contributed by atoms with Crippen molar-refractivity contribution < 1.29 is 37.4 Å². The largest absolute Gasteiger partial charge is 0.494 e. The fourth-order valence-corrected chi connectivity index (χ4v) is 6.19. The zero-order chi connectivity index (χ0) is 30.1. The number of sulfone groups is 1. The summed E-state index contributed by atoms with van der Waals surface area (Å²) in [7, 11) is -3.95. The van der Waals surface area contributed by atoms with Crippen LogP contribution in [0.25, 0.3) is 0 Å². The van der Waals surface area contributed by atoms with E-state index >= 15 is 0 Å². The molecule has 3 N–H and O–H groups in total. The van der Waals surface area contributed by atoms with Gasteiger partial charge in [-0.25, -0.2) is 13.2 Å². The van der Waals surface area contributed by atoms with Crippen LogP contribution < -0.4 is 25.0 Å². The minimum Gasteiger partial charge on any atom is -0.494 e. The summed E-state index contributed by atoms with van der Waals surface area (Å²) in [5.74, 6) is 1.09. The Morgan fingerprint density at radius 2 is 1.67 bits per heavy atom. The summed E-state index contributed by atoms with van der Waals surface area (Å²) in [6.45, 7) is 5.55. The minimum atomic E-state index is -3.95. The summed E-state index contributed by atoms with van der Waals surface area (Å²) in [6, 6.07) is 21.3. The standard InChI is InChI=1S/C31H38N2O8S/c1-21(2)30(42(36,37)26-15-16-28-29(19-26)40-20-39-28)33-41-31(35)32-27(22(3)34)18-24-11-13-25(14-12-24)38-17-7-10-23-8-5-4-6-9-23/h4-6,8-9,11-16,19,21-22,27,30,33-34H,7,10,17-18,20H2,1-3H3,(H,32,35). The van der Waals surface area contributed by atoms with Crippen molar-refractivity contribution in [3.63, 3.8) is 0 Å². The molecule has 3 atom stereocenters. The molecule has 226 valence electrons. The number of hydrogen-bond acceptors (Lipinski definition) is 9. The Balaban J connectivity index is 1.28. The number of nitrogens with one attached hydrogen (secondary N) is 2. The zero-order valence-electron chi connectivity index (χ0n) is 24.0. The van der Waals surface area contributed by atoms with Gasteiger partial charge in [-0.05, 0) is 67.5 Å². The van der Waals surface area contributed by atoms with Gasteiger partial charge in [0.2, 0.25) is 6.79 Å². The topological polar surface area (TPSA) is 132 Å². The van der Waals surface area contributed by atoms with Crippen LogP contribution in [0.2, 0.25) is 0 Å². The fraction of sp³-hybridized carbons (Fsp3) is 0.387. The van der Waals surface area contributed by atoms with Crippen molar-refractivity contribution >= 4 is 15.9 Å². The van der Waals surface area contributed by atoms with E-state index < -0.39 is 39.4 Å². The van der Waals surface area contributed by atoms with E-state index in [0.717, 1.165) is 24.2 Å². The molecule has 11 heteroatoms. The van der Waals surface area contributed by atoms with Gasteiger partial charge in [-0.1, -0.05) is 56.3 Å². The number of benzene rings is 3. The van der Waals surface area contributed by atoms with Crippen molar-refractivity contribution in [2.45, 2.75) is 62.4 Å². The molecule has 3 aromatic carbocycles. The Morgan fingerprint density at radius 1 is 0.952 bits per heavy atom. The SMILES string of the molecule is CC(C)C(NOC(=O)NC(Cc1ccc(OCCCc2ccccc2)cc1)C(C)O)S(=O)(=O)c1ccc2c(c1)OCO2. The summed E-state index contributed by atoms with van der Waals surface area (Å²) in [5, 5.41) is 11.7. The predicted molar refractivity (Wildman–Crippen MR) is 157 cm³/mol. The van der Waals surface area contributed by atoms with Crippen LogP contribution in [0.15, 0.2) is 77.7 Å². The van der Waals surface area contributed by atoms with E-state index in [2.05, 4.69) is 22.9 Å². The van der Waals surface area contributed by atoms with Gasteiger partial charge in [0.25, 0.3) is 0 Å². The molecular formula is C31H38N2O8S. The van der Waals surface area contributed by atoms with E-state index in [0.29, 0.717) is 24.5 Å². The molecule has 0 saturated carbocycles. The summed E-state index contributed by atoms with van der Waals surface area (Å²) in [4.78, 5) is 17.8. The number of hydroxylamine groups is 1. The lowest BCUT2D eigenvalue weighted by Crippen LogP contribution is -2.48. The number of fused-ring (bicyclic) bond motifs is 1. The molecule has 0 aromatic heterocycles. The van der Waals surface area contributed by atoms with Crippen LogP contribution in [0.3, 0.4) is 0 Å². The first kappa shape index (κ1) is 31.1. The van der Waals surface area contributed by atoms with Crippen LogP contribution >= 0.6 is 0 Å². The number of aliphatic hydroxyl groups excluding tert-OH is 1. The number of rotatable bonds is 14. The van der Waals surface area contributed by atoms with Crippen molar-refractivity contribution in [1.82, 2.24) is 10.8 Å². The molecule has 0 aliphatic carbocycles. The van der Waals surface area contributed by atoms with Crippen molar-refractivity contribution in [1.29, 1.82) is 0 Å². The lowest BCUT2D eigenvalue weighted by Gasteiger charge is -2.24. The van der Waals surface area contributed by atoms with Gasteiger partial charge in [-0.3, -0.25) is 0 Å². The quantitative estimate of drug-likeness (QED) is 0.182. The maximum Gasteiger partial charge on any atom is 0.426 e. The molecule has 3 aromatic rings. The molecule has 0 fully saturated rings. The highest BCUT2D eigenvalue weighted by molar-refractivity contribution is 7.92. The van der Waals surface area contributed by atoms with Gasteiger partial charge < -0.3 is 29.5 Å². The molecule has 42 heavy (non-hydrogen) atoms. The van der Waals surface area contributed by atoms with E-state index in [4.69, 9.17) is 19.0 Å². The van der Waals surface area contributed by atoms with Gasteiger partial charge in [0.1, 0.15) is 5.75 Å². The summed E-state index contributed by atoms with van der Waals surface area (Å²) in [6.07, 6.45) is 0.347. The first-order chi connectivity index (χ1) is 20.1. The van der Waals surface area contributed by atoms with Crippen LogP contribution in [0.4, 0.5) is 4.79 Å². The second-order valence-corrected chi connectivity index (χ2v) is 12.6. The number of ether oxygens (including phenoxy) is 3. The van der Waals surface area contributed by atoms with Gasteiger partial charge in [0, 0.05) is 6.07 Å². The molecule has 4 rings (SSSR count). The highest BCUT2D eigenvalue weighted by atomic mass is 32.2. The molecule has 1 heterocycles. The Kier molecular flexibility index (Phi) is 10.7. The molecule has 10 nitrogen and oxygen atoms in total. The first-order valence-corrected chi connectivity index (χ1v) is 15.5. The highest BCUT2D eigenvalue weighted by Gasteiger charge is 2.33. The lowest BCUT2D eigenvalue weighted by molar-refractivity contribution is 0.0633. The van der Waals surface area contributed by atoms with Crippen LogP contribution in [0, 0.1) is 5.92 Å². The molecule has 0 bridgehead atoms. The third kappa shape index (κ3) is 8.37. The van der Waals surface area contributed by atoms with Crippen LogP contribution in [-0.4, -0.2) is 50.5 Å². The van der Waals surface area contributed by atoms with Gasteiger partial charge in [0.05, 0.1) is 23.6 Å². The van der Waals surface area contributed by atoms with Crippen LogP contribution in [0.1, 0.15) is 38.3 Å². The normalized spacial score (nSPS) is 14.7. The van der Waals surface area contributed by atoms with Crippen molar-refractivity contribution in [3.8, 4) is 17.2 Å². The third-order valence-electron chi connectivity index (χ3n) is 6.87. The van der Waals surface area contributed by atoms with Crippen LogP contribution in [-0.2, 0) is 27.5 Å². The average molecular weight is 599 g/mol. The average Bonchev–Trinajstić information content (AvgIpc) is 3.44. The lowest BCUT2D eigenvalue weighted by atomic mass is 10.0. The van der Waals surface area contributed by atoms with Gasteiger partial charge in [0.15, 0.2) is 26.7 Å². The molecule has 0 radical (unpaired) electrons. The fourth-order valence-electron chi connectivity index (χ4n) is 4.48. The monoisotopic (exact) mass is 598 g/mol. The maximum atomic E-state index is 13.3. The first-order valence-electron chi connectivity index (χ1n) is 13.9. The van der Waals surface area contributed by atoms with Gasteiger partial charge in [-0.15, -0.1) is 5.48 Å². The Hall–Kier alpha value is -3.80. The predicted octanol–water partition coefficient (Wildman–Crippen LogP) is 4.41. The van der Waals surface area contributed by atoms with Crippen molar-refractivity contribution in [3.05, 3.63) is 83.9 Å². The van der Waals surface area contributed by atoms with E-state index in [-0.39, 0.29) is 11.7 Å². The number of carbonyl (C=O) groups is 1. The minimum absolute atomic E-state index is 0.00689. The Labute approximate surface area is 246 Å². The maximum absolute atomic E-state index is 13.3. The summed E-state index contributed by atoms with van der Waals surface area (Å²) in [5.41, 5.74) is 4.55. The van der Waals surface area contributed by atoms with Gasteiger partial charge >= 0.3 is 6.09 Å². The highest BCUT2D eigenvalue weighted by Crippen LogP contribution is 2.35. The number of aliphatic hydroxyl groups is 1. The third-order valence-corrected chi connectivity index (χ3v) is 9.09. The van der Waals surface area contributed by atoms with Crippen LogP contribution in [0.5, 0.6) is 17.2 Å². The Bertz CT molecular complexity index is 1410. The zero-order valence-corrected chi connectivity index (χ0v) is 24.8. The number of carbonyl (C=O) groups excluding carboxylic acids is 1. The molecule has 1 aliphatic rings. The second kappa shape index (κ2) is 14.4. The second-order valence-electron chi connectivity index (χ2n) is 10.5. The van der Waals surface area contributed by atoms with E-state index in [1.54, 1.807) is 20.8 Å². The van der Waals surface area contributed by atoms with Crippen molar-refractivity contribution in [2.75, 3.05) is 13.4 Å². The molecular weight excluding hydrogens is 560 g/mol. The molecule has 1 aliphatic heterocycles. The molecule has 0 spiro atoms. The van der Waals surface area contributed by atoms with E-state index in [1.165, 1.54) is 23.8 Å². The smallest absolute Gasteiger partial charge is 0.426 e. The molecule has 3 unspecified atom stereocenters. The number of aryl methyl sites for hydroxylation is 1. The van der Waals surface area contributed by atoms with E-state index in [1.807, 2.05) is 42.5 Å². The number of amides is 1. The Morgan fingerprint density at radius 3 is 2.36 bits per heavy atom. The number of hydrogen-bond donors (Lipinski definition) is 3. The van der Waals surface area contributed by atoms with E-state index in [9.17, 15) is 18.3 Å². The van der Waals surface area contributed by atoms with Gasteiger partial charge in [-0.2, -0.15) is 0 Å². The van der Waals surface area contributed by atoms with Crippen molar-refractivity contribution in [2.24, 2.45) is 5.92 Å². The summed E-state index contributed by atoms with van der Waals surface area (Å²) < 4.78 is 43.0.